The van der Waals surface area contributed by atoms with E-state index in [2.05, 4.69) is 110 Å². The number of rotatable bonds is 4. The van der Waals surface area contributed by atoms with E-state index in [-0.39, 0.29) is 0 Å². The molecule has 0 radical (unpaired) electrons. The zero-order chi connectivity index (χ0) is 26.6. The summed E-state index contributed by atoms with van der Waals surface area (Å²) < 4.78 is 5.88. The van der Waals surface area contributed by atoms with Crippen LogP contribution in [0.15, 0.2) is 120 Å². The van der Waals surface area contributed by atoms with Crippen molar-refractivity contribution >= 4 is 46.1 Å². The first kappa shape index (κ1) is 23.6. The van der Waals surface area contributed by atoms with Crippen LogP contribution in [-0.2, 0) is 0 Å². The largest absolute Gasteiger partial charge is 0.438 e. The molecule has 0 saturated heterocycles. The summed E-state index contributed by atoms with van der Waals surface area (Å²) in [7, 11) is -1.30. The summed E-state index contributed by atoms with van der Waals surface area (Å²) in [6.45, 7) is 7.16. The quantitative estimate of drug-likeness (QED) is 0.217. The zero-order valence-corrected chi connectivity index (χ0v) is 23.3. The molecule has 3 heterocycles. The van der Waals surface area contributed by atoms with Gasteiger partial charge in [0.1, 0.15) is 5.58 Å². The van der Waals surface area contributed by atoms with Crippen LogP contribution >= 0.6 is 0 Å². The molecule has 7 rings (SSSR count). The van der Waals surface area contributed by atoms with E-state index in [9.17, 15) is 0 Å². The highest BCUT2D eigenvalue weighted by Crippen LogP contribution is 2.32. The van der Waals surface area contributed by atoms with Crippen molar-refractivity contribution in [3.05, 3.63) is 116 Å². The fourth-order valence-electron chi connectivity index (χ4n) is 5.27. The number of hydrogen-bond acceptors (Lipinski definition) is 3. The molecule has 0 spiro atoms. The summed E-state index contributed by atoms with van der Waals surface area (Å²) in [6, 6.07) is 36.9. The lowest BCUT2D eigenvalue weighted by atomic mass is 9.98. The summed E-state index contributed by atoms with van der Waals surface area (Å²) >= 11 is 0. The van der Waals surface area contributed by atoms with Gasteiger partial charge in [-0.05, 0) is 76.0 Å². The monoisotopic (exact) mass is 520 g/mol. The summed E-state index contributed by atoms with van der Waals surface area (Å²) in [5, 5.41) is 6.03. The lowest BCUT2D eigenvalue weighted by Gasteiger charge is -2.17. The highest BCUT2D eigenvalue weighted by Gasteiger charge is 2.16. The van der Waals surface area contributed by atoms with E-state index in [1.807, 2.05) is 24.4 Å². The third-order valence-electron chi connectivity index (χ3n) is 7.56. The molecule has 0 atom stereocenters. The van der Waals surface area contributed by atoms with Crippen LogP contribution in [0.1, 0.15) is 0 Å². The molecule has 0 fully saturated rings. The number of fused-ring (bicyclic) bond motifs is 4. The molecular weight excluding hydrogens is 492 g/mol. The van der Waals surface area contributed by atoms with Gasteiger partial charge in [0.25, 0.3) is 0 Å². The Morgan fingerprint density at radius 3 is 1.97 bits per heavy atom. The van der Waals surface area contributed by atoms with E-state index in [1.54, 1.807) is 6.20 Å². The van der Waals surface area contributed by atoms with Crippen LogP contribution in [0.25, 0.3) is 66.4 Å². The van der Waals surface area contributed by atoms with Crippen molar-refractivity contribution in [3.8, 4) is 33.5 Å². The molecule has 0 unspecified atom stereocenters. The highest BCUT2D eigenvalue weighted by atomic mass is 28.3. The van der Waals surface area contributed by atoms with Crippen LogP contribution in [0, 0.1) is 0 Å². The van der Waals surface area contributed by atoms with Crippen LogP contribution in [0.2, 0.25) is 19.6 Å². The van der Waals surface area contributed by atoms with Gasteiger partial charge in [0.2, 0.25) is 5.71 Å². The van der Waals surface area contributed by atoms with Gasteiger partial charge in [-0.15, -0.1) is 0 Å². The minimum Gasteiger partial charge on any atom is -0.438 e. The van der Waals surface area contributed by atoms with Crippen molar-refractivity contribution in [1.29, 1.82) is 0 Å². The molecule has 0 N–H and O–H groups in total. The molecule has 39 heavy (non-hydrogen) atoms. The summed E-state index contributed by atoms with van der Waals surface area (Å²) in [4.78, 5) is 9.17. The first-order chi connectivity index (χ1) is 18.9. The fourth-order valence-corrected chi connectivity index (χ4v) is 6.44. The van der Waals surface area contributed by atoms with Gasteiger partial charge in [-0.1, -0.05) is 79.4 Å². The normalized spacial score (nSPS) is 12.0. The molecule has 0 amide bonds. The van der Waals surface area contributed by atoms with E-state index in [0.29, 0.717) is 5.71 Å². The number of pyridine rings is 2. The molecule has 0 bridgehead atoms. The molecule has 4 aromatic carbocycles. The van der Waals surface area contributed by atoms with Crippen molar-refractivity contribution in [1.82, 2.24) is 9.97 Å². The van der Waals surface area contributed by atoms with Crippen molar-refractivity contribution in [2.24, 2.45) is 0 Å². The molecule has 4 heteroatoms. The Morgan fingerprint density at radius 2 is 1.26 bits per heavy atom. The molecule has 188 valence electrons. The molecule has 3 nitrogen and oxygen atoms in total. The Morgan fingerprint density at radius 1 is 0.564 bits per heavy atom. The van der Waals surface area contributed by atoms with Crippen LogP contribution in [-0.4, -0.2) is 18.0 Å². The van der Waals surface area contributed by atoms with Crippen molar-refractivity contribution in [2.45, 2.75) is 19.6 Å². The Bertz CT molecular complexity index is 1980. The number of furan rings is 1. The molecule has 3 aromatic heterocycles. The second-order valence-corrected chi connectivity index (χ2v) is 16.3. The molecule has 7 aromatic rings. The predicted molar refractivity (Wildman–Crippen MR) is 166 cm³/mol. The third kappa shape index (κ3) is 4.33. The van der Waals surface area contributed by atoms with Crippen molar-refractivity contribution < 1.29 is 4.42 Å². The minimum absolute atomic E-state index is 0.663. The average Bonchev–Trinajstić information content (AvgIpc) is 3.34. The molecule has 0 saturated carbocycles. The van der Waals surface area contributed by atoms with E-state index < -0.39 is 8.07 Å². The second-order valence-electron chi connectivity index (χ2n) is 11.2. The maximum absolute atomic E-state index is 5.88. The van der Waals surface area contributed by atoms with Gasteiger partial charge in [0.05, 0.1) is 13.8 Å². The number of aromatic nitrogens is 2. The number of nitrogens with zero attached hydrogens (tertiary/aromatic N) is 2. The maximum Gasteiger partial charge on any atom is 0.227 e. The lowest BCUT2D eigenvalue weighted by molar-refractivity contribution is 0.654. The molecule has 0 aliphatic heterocycles. The molecule has 0 aliphatic rings. The van der Waals surface area contributed by atoms with Crippen molar-refractivity contribution in [2.75, 3.05) is 0 Å². The molecule has 0 aliphatic carbocycles. The summed E-state index contributed by atoms with van der Waals surface area (Å²) in [6.07, 6.45) is 3.72. The lowest BCUT2D eigenvalue weighted by Crippen LogP contribution is -2.37. The highest BCUT2D eigenvalue weighted by molar-refractivity contribution is 6.88. The van der Waals surface area contributed by atoms with Gasteiger partial charge in [-0.2, -0.15) is 0 Å². The van der Waals surface area contributed by atoms with Gasteiger partial charge in [-0.25, -0.2) is 4.98 Å². The third-order valence-corrected chi connectivity index (χ3v) is 9.63. The number of benzene rings is 4. The first-order valence-corrected chi connectivity index (χ1v) is 16.8. The summed E-state index contributed by atoms with van der Waals surface area (Å²) in [5.41, 5.74) is 8.26. The average molecular weight is 521 g/mol. The van der Waals surface area contributed by atoms with Crippen LogP contribution in [0.4, 0.5) is 0 Å². The maximum atomic E-state index is 5.88. The van der Waals surface area contributed by atoms with Crippen molar-refractivity contribution in [3.63, 3.8) is 0 Å². The Hall–Kier alpha value is -4.54. The smallest absolute Gasteiger partial charge is 0.227 e. The topological polar surface area (TPSA) is 38.9 Å². The van der Waals surface area contributed by atoms with Gasteiger partial charge in [0.15, 0.2) is 0 Å². The second kappa shape index (κ2) is 9.04. The predicted octanol–water partition coefficient (Wildman–Crippen LogP) is 9.08. The Kier molecular flexibility index (Phi) is 5.46. The zero-order valence-electron chi connectivity index (χ0n) is 22.3. The van der Waals surface area contributed by atoms with Crippen LogP contribution < -0.4 is 5.19 Å². The standard InChI is InChI=1S/C35H28N2OSi/c1-39(2,3)30-14-10-23(11-15-30)25-8-6-24-7-9-26(20-29(24)19-25)28-12-16-33(37-22-28)27-13-17-34-32(21-27)31-5-4-18-36-35(31)38-34/h4-22H,1-3H3. The SMILES string of the molecule is C[Si](C)(C)c1ccc(-c2ccc3ccc(-c4ccc(-c5ccc6oc7ncccc7c6c5)nc4)cc3c2)cc1. The van der Waals surface area contributed by atoms with E-state index in [0.717, 1.165) is 38.7 Å². The van der Waals surface area contributed by atoms with Gasteiger partial charge >= 0.3 is 0 Å². The minimum atomic E-state index is -1.30. The summed E-state index contributed by atoms with van der Waals surface area (Å²) in [5.74, 6) is 0. The molecular formula is C35H28N2OSi. The van der Waals surface area contributed by atoms with Gasteiger partial charge in [-0.3, -0.25) is 4.98 Å². The van der Waals surface area contributed by atoms with Crippen LogP contribution in [0.5, 0.6) is 0 Å². The fraction of sp³-hybridized carbons (Fsp3) is 0.0857. The Balaban J connectivity index is 1.20. The van der Waals surface area contributed by atoms with E-state index >= 15 is 0 Å². The first-order valence-electron chi connectivity index (χ1n) is 13.3. The van der Waals surface area contributed by atoms with Gasteiger partial charge < -0.3 is 4.42 Å². The van der Waals surface area contributed by atoms with E-state index in [1.165, 1.54) is 27.1 Å². The van der Waals surface area contributed by atoms with Gasteiger partial charge in [0, 0.05) is 34.3 Å². The number of hydrogen-bond donors (Lipinski definition) is 0. The van der Waals surface area contributed by atoms with E-state index in [4.69, 9.17) is 9.40 Å². The Labute approximate surface area is 228 Å². The van der Waals surface area contributed by atoms with Crippen LogP contribution in [0.3, 0.4) is 0 Å².